The second kappa shape index (κ2) is 5.33. The zero-order chi connectivity index (χ0) is 13.2. The summed E-state index contributed by atoms with van der Waals surface area (Å²) in [4.78, 5) is 14.0. The Hall–Kier alpha value is -1.35. The SMILES string of the molecule is CCOC(=O)CC1C2CN(Cc3ccccc3)CC12. The van der Waals surface area contributed by atoms with Crippen molar-refractivity contribution in [2.45, 2.75) is 19.9 Å². The van der Waals surface area contributed by atoms with Crippen LogP contribution in [0.5, 0.6) is 0 Å². The van der Waals surface area contributed by atoms with Crippen molar-refractivity contribution in [2.24, 2.45) is 17.8 Å². The van der Waals surface area contributed by atoms with Gasteiger partial charge in [-0.05, 0) is 30.2 Å². The molecule has 0 radical (unpaired) electrons. The normalized spacial score (nSPS) is 29.0. The predicted octanol–water partition coefficient (Wildman–Crippen LogP) is 2.32. The first-order valence-corrected chi connectivity index (χ1v) is 7.20. The smallest absolute Gasteiger partial charge is 0.306 e. The van der Waals surface area contributed by atoms with Gasteiger partial charge in [-0.15, -0.1) is 0 Å². The zero-order valence-electron chi connectivity index (χ0n) is 11.4. The Kier molecular flexibility index (Phi) is 3.56. The zero-order valence-corrected chi connectivity index (χ0v) is 11.4. The van der Waals surface area contributed by atoms with Crippen LogP contribution in [0.2, 0.25) is 0 Å². The number of piperidine rings is 1. The summed E-state index contributed by atoms with van der Waals surface area (Å²) in [7, 11) is 0. The van der Waals surface area contributed by atoms with Gasteiger partial charge in [-0.25, -0.2) is 0 Å². The maximum Gasteiger partial charge on any atom is 0.306 e. The molecule has 2 fully saturated rings. The van der Waals surface area contributed by atoms with Gasteiger partial charge < -0.3 is 4.74 Å². The third kappa shape index (κ3) is 2.81. The molecule has 3 rings (SSSR count). The molecule has 0 N–H and O–H groups in total. The van der Waals surface area contributed by atoms with Crippen LogP contribution < -0.4 is 0 Å². The highest BCUT2D eigenvalue weighted by Crippen LogP contribution is 2.53. The van der Waals surface area contributed by atoms with Crippen LogP contribution >= 0.6 is 0 Å². The monoisotopic (exact) mass is 259 g/mol. The van der Waals surface area contributed by atoms with Gasteiger partial charge in [0.05, 0.1) is 6.61 Å². The Morgan fingerprint density at radius 3 is 2.58 bits per heavy atom. The fraction of sp³-hybridized carbons (Fsp3) is 0.562. The fourth-order valence-corrected chi connectivity index (χ4v) is 3.42. The number of hydrogen-bond acceptors (Lipinski definition) is 3. The molecule has 1 aromatic rings. The van der Waals surface area contributed by atoms with E-state index in [1.165, 1.54) is 5.56 Å². The number of carbonyl (C=O) groups excluding carboxylic acids is 1. The molecule has 1 aliphatic carbocycles. The number of ether oxygens (including phenoxy) is 1. The van der Waals surface area contributed by atoms with Crippen LogP contribution in [0, 0.1) is 17.8 Å². The molecule has 3 nitrogen and oxygen atoms in total. The third-order valence-corrected chi connectivity index (χ3v) is 4.40. The van der Waals surface area contributed by atoms with E-state index in [2.05, 4.69) is 35.2 Å². The summed E-state index contributed by atoms with van der Waals surface area (Å²) in [6, 6.07) is 10.6. The number of rotatable bonds is 5. The topological polar surface area (TPSA) is 29.5 Å². The summed E-state index contributed by atoms with van der Waals surface area (Å²) in [5.41, 5.74) is 1.38. The van der Waals surface area contributed by atoms with E-state index in [1.807, 2.05) is 6.92 Å². The standard InChI is InChI=1S/C16H21NO2/c1-2-19-16(18)8-13-14-10-17(11-15(13)14)9-12-6-4-3-5-7-12/h3-7,13-15H,2,8-11H2,1H3. The first-order valence-electron chi connectivity index (χ1n) is 7.20. The van der Waals surface area contributed by atoms with Crippen molar-refractivity contribution in [2.75, 3.05) is 19.7 Å². The number of fused-ring (bicyclic) bond motifs is 1. The van der Waals surface area contributed by atoms with Crippen LogP contribution in [-0.4, -0.2) is 30.6 Å². The minimum Gasteiger partial charge on any atom is -0.466 e. The van der Waals surface area contributed by atoms with Crippen LogP contribution in [0.25, 0.3) is 0 Å². The summed E-state index contributed by atoms with van der Waals surface area (Å²) in [5, 5.41) is 0. The van der Waals surface area contributed by atoms with E-state index in [0.29, 0.717) is 18.9 Å². The van der Waals surface area contributed by atoms with Crippen molar-refractivity contribution in [1.29, 1.82) is 0 Å². The highest BCUT2D eigenvalue weighted by molar-refractivity contribution is 5.70. The maximum absolute atomic E-state index is 11.5. The largest absolute Gasteiger partial charge is 0.466 e. The lowest BCUT2D eigenvalue weighted by atomic mass is 10.1. The molecular weight excluding hydrogens is 238 g/mol. The van der Waals surface area contributed by atoms with Crippen molar-refractivity contribution in [1.82, 2.24) is 4.90 Å². The van der Waals surface area contributed by atoms with Crippen LogP contribution in [-0.2, 0) is 16.1 Å². The molecule has 2 unspecified atom stereocenters. The molecule has 1 aromatic carbocycles. The van der Waals surface area contributed by atoms with Gasteiger partial charge in [-0.1, -0.05) is 30.3 Å². The van der Waals surface area contributed by atoms with Gasteiger partial charge in [0, 0.05) is 26.1 Å². The quantitative estimate of drug-likeness (QED) is 0.760. The number of esters is 1. The van der Waals surface area contributed by atoms with Crippen molar-refractivity contribution in [3.63, 3.8) is 0 Å². The molecular formula is C16H21NO2. The van der Waals surface area contributed by atoms with E-state index in [1.54, 1.807) is 0 Å². The Balaban J connectivity index is 1.44. The van der Waals surface area contributed by atoms with E-state index >= 15 is 0 Å². The van der Waals surface area contributed by atoms with Crippen LogP contribution in [0.15, 0.2) is 30.3 Å². The Bertz CT molecular complexity index is 433. The van der Waals surface area contributed by atoms with Crippen LogP contribution in [0.1, 0.15) is 18.9 Å². The molecule has 3 heteroatoms. The fourth-order valence-electron chi connectivity index (χ4n) is 3.42. The lowest BCUT2D eigenvalue weighted by Crippen LogP contribution is -2.24. The van der Waals surface area contributed by atoms with E-state index in [9.17, 15) is 4.79 Å². The maximum atomic E-state index is 11.5. The minimum atomic E-state index is -0.0171. The Morgan fingerprint density at radius 2 is 1.95 bits per heavy atom. The third-order valence-electron chi connectivity index (χ3n) is 4.40. The second-order valence-corrected chi connectivity index (χ2v) is 5.68. The average molecular weight is 259 g/mol. The van der Waals surface area contributed by atoms with Crippen molar-refractivity contribution in [3.8, 4) is 0 Å². The molecule has 0 spiro atoms. The Morgan fingerprint density at radius 1 is 1.26 bits per heavy atom. The molecule has 2 aliphatic rings. The van der Waals surface area contributed by atoms with Crippen molar-refractivity contribution >= 4 is 5.97 Å². The number of hydrogen-bond donors (Lipinski definition) is 0. The van der Waals surface area contributed by atoms with Crippen LogP contribution in [0.4, 0.5) is 0 Å². The number of nitrogens with zero attached hydrogens (tertiary/aromatic N) is 1. The molecule has 1 saturated carbocycles. The van der Waals surface area contributed by atoms with Crippen LogP contribution in [0.3, 0.4) is 0 Å². The molecule has 1 heterocycles. The summed E-state index contributed by atoms with van der Waals surface area (Å²) in [5.74, 6) is 2.03. The molecule has 1 saturated heterocycles. The summed E-state index contributed by atoms with van der Waals surface area (Å²) in [6.45, 7) is 5.70. The molecule has 2 atom stereocenters. The summed E-state index contributed by atoms with van der Waals surface area (Å²) >= 11 is 0. The van der Waals surface area contributed by atoms with Gasteiger partial charge in [0.1, 0.15) is 0 Å². The predicted molar refractivity (Wildman–Crippen MR) is 73.4 cm³/mol. The average Bonchev–Trinajstić information content (AvgIpc) is 2.86. The van der Waals surface area contributed by atoms with Crippen molar-refractivity contribution in [3.05, 3.63) is 35.9 Å². The number of benzene rings is 1. The van der Waals surface area contributed by atoms with E-state index in [0.717, 1.165) is 31.5 Å². The van der Waals surface area contributed by atoms with E-state index in [-0.39, 0.29) is 5.97 Å². The number of likely N-dealkylation sites (tertiary alicyclic amines) is 1. The highest BCUT2D eigenvalue weighted by atomic mass is 16.5. The second-order valence-electron chi connectivity index (χ2n) is 5.68. The lowest BCUT2D eigenvalue weighted by molar-refractivity contribution is -0.143. The summed E-state index contributed by atoms with van der Waals surface area (Å²) in [6.07, 6.45) is 0.627. The first-order chi connectivity index (χ1) is 9.28. The van der Waals surface area contributed by atoms with Gasteiger partial charge in [0.15, 0.2) is 0 Å². The summed E-state index contributed by atoms with van der Waals surface area (Å²) < 4.78 is 5.03. The minimum absolute atomic E-state index is 0.0171. The first kappa shape index (κ1) is 12.7. The molecule has 19 heavy (non-hydrogen) atoms. The highest BCUT2D eigenvalue weighted by Gasteiger charge is 2.55. The van der Waals surface area contributed by atoms with E-state index in [4.69, 9.17) is 4.74 Å². The Labute approximate surface area is 114 Å². The van der Waals surface area contributed by atoms with E-state index < -0.39 is 0 Å². The van der Waals surface area contributed by atoms with Gasteiger partial charge in [0.25, 0.3) is 0 Å². The number of carbonyl (C=O) groups is 1. The van der Waals surface area contributed by atoms with Gasteiger partial charge in [0.2, 0.25) is 0 Å². The van der Waals surface area contributed by atoms with Crippen molar-refractivity contribution < 1.29 is 9.53 Å². The van der Waals surface area contributed by atoms with Gasteiger partial charge in [-0.3, -0.25) is 9.69 Å². The molecule has 1 aliphatic heterocycles. The molecule has 0 aromatic heterocycles. The van der Waals surface area contributed by atoms with Gasteiger partial charge in [-0.2, -0.15) is 0 Å². The molecule has 0 amide bonds. The van der Waals surface area contributed by atoms with Gasteiger partial charge >= 0.3 is 5.97 Å². The molecule has 102 valence electrons. The lowest BCUT2D eigenvalue weighted by Gasteiger charge is -2.19. The molecule has 0 bridgehead atoms.